The van der Waals surface area contributed by atoms with Gasteiger partial charge in [-0.05, 0) is 24.3 Å². The molecule has 0 bridgehead atoms. The minimum atomic E-state index is -4.64. The maximum absolute atomic E-state index is 12.5. The number of benzene rings is 1. The number of nitrogens with zero attached hydrogens (tertiary/aromatic N) is 3. The summed E-state index contributed by atoms with van der Waals surface area (Å²) < 4.78 is 41.7. The second-order valence-corrected chi connectivity index (χ2v) is 5.38. The van der Waals surface area contributed by atoms with Crippen LogP contribution in [0.4, 0.5) is 13.2 Å². The molecule has 0 radical (unpaired) electrons. The Labute approximate surface area is 127 Å². The monoisotopic (exact) mass is 323 g/mol. The number of rotatable bonds is 3. The molecule has 2 heterocycles. The second-order valence-electron chi connectivity index (χ2n) is 4.23. The van der Waals surface area contributed by atoms with Gasteiger partial charge in [0.25, 0.3) is 0 Å². The Balaban J connectivity index is 1.86. The lowest BCUT2D eigenvalue weighted by Crippen LogP contribution is -2.04. The van der Waals surface area contributed by atoms with Crippen LogP contribution in [0.1, 0.15) is 5.89 Å². The van der Waals surface area contributed by atoms with Crippen molar-refractivity contribution in [3.63, 3.8) is 0 Å². The fourth-order valence-corrected chi connectivity index (χ4v) is 2.56. The predicted octanol–water partition coefficient (Wildman–Crippen LogP) is 4.30. The predicted molar refractivity (Wildman–Crippen MR) is 73.1 cm³/mol. The van der Waals surface area contributed by atoms with Crippen LogP contribution < -0.4 is 0 Å². The average molecular weight is 323 g/mol. The van der Waals surface area contributed by atoms with Crippen molar-refractivity contribution in [2.75, 3.05) is 0 Å². The molecule has 2 aromatic heterocycles. The maximum Gasteiger partial charge on any atom is 0.471 e. The fourth-order valence-electron chi connectivity index (χ4n) is 1.70. The van der Waals surface area contributed by atoms with Gasteiger partial charge < -0.3 is 4.52 Å². The van der Waals surface area contributed by atoms with Crippen LogP contribution in [0.25, 0.3) is 11.4 Å². The Morgan fingerprint density at radius 3 is 2.45 bits per heavy atom. The summed E-state index contributed by atoms with van der Waals surface area (Å²) in [7, 11) is 0. The molecule has 0 aliphatic rings. The largest absolute Gasteiger partial charge is 0.471 e. The zero-order chi connectivity index (χ0) is 15.6. The first kappa shape index (κ1) is 14.6. The van der Waals surface area contributed by atoms with Gasteiger partial charge in [0.05, 0.1) is 0 Å². The van der Waals surface area contributed by atoms with Gasteiger partial charge in [0, 0.05) is 27.7 Å². The van der Waals surface area contributed by atoms with Crippen molar-refractivity contribution in [3.05, 3.63) is 54.7 Å². The number of pyridine rings is 1. The molecule has 0 aliphatic heterocycles. The first-order valence-electron chi connectivity index (χ1n) is 6.11. The van der Waals surface area contributed by atoms with Crippen LogP contribution in [-0.4, -0.2) is 15.1 Å². The number of hydrogen-bond acceptors (Lipinski definition) is 5. The molecule has 22 heavy (non-hydrogen) atoms. The van der Waals surface area contributed by atoms with Gasteiger partial charge in [-0.3, -0.25) is 4.98 Å². The van der Waals surface area contributed by atoms with Crippen molar-refractivity contribution in [3.8, 4) is 11.4 Å². The maximum atomic E-state index is 12.5. The SMILES string of the molecule is FC(F)(F)c1nc(-c2cccc(Sc3ccncc3)c2)no1. The summed E-state index contributed by atoms with van der Waals surface area (Å²) in [5, 5.41) is 3.38. The van der Waals surface area contributed by atoms with Gasteiger partial charge in [-0.1, -0.05) is 29.1 Å². The topological polar surface area (TPSA) is 51.8 Å². The average Bonchev–Trinajstić information content (AvgIpc) is 2.99. The van der Waals surface area contributed by atoms with E-state index in [4.69, 9.17) is 0 Å². The third kappa shape index (κ3) is 3.28. The third-order valence-corrected chi connectivity index (χ3v) is 3.64. The van der Waals surface area contributed by atoms with E-state index in [1.54, 1.807) is 30.6 Å². The quantitative estimate of drug-likeness (QED) is 0.719. The van der Waals surface area contributed by atoms with E-state index < -0.39 is 12.1 Å². The standard InChI is InChI=1S/C14H8F3N3OS/c15-14(16,17)13-19-12(20-21-13)9-2-1-3-11(8-9)22-10-4-6-18-7-5-10/h1-8H. The Morgan fingerprint density at radius 2 is 1.77 bits per heavy atom. The molecular weight excluding hydrogens is 315 g/mol. The first-order valence-corrected chi connectivity index (χ1v) is 6.93. The molecule has 0 saturated heterocycles. The molecule has 1 aromatic carbocycles. The van der Waals surface area contributed by atoms with E-state index in [9.17, 15) is 13.2 Å². The third-order valence-electron chi connectivity index (χ3n) is 2.65. The highest BCUT2D eigenvalue weighted by Crippen LogP contribution is 2.32. The molecule has 0 aliphatic carbocycles. The van der Waals surface area contributed by atoms with Crippen LogP contribution in [0.5, 0.6) is 0 Å². The van der Waals surface area contributed by atoms with Crippen molar-refractivity contribution in [1.82, 2.24) is 15.1 Å². The van der Waals surface area contributed by atoms with E-state index in [0.717, 1.165) is 9.79 Å². The summed E-state index contributed by atoms with van der Waals surface area (Å²) in [6.07, 6.45) is -1.31. The van der Waals surface area contributed by atoms with E-state index in [0.29, 0.717) is 5.56 Å². The molecule has 0 N–H and O–H groups in total. The van der Waals surface area contributed by atoms with Gasteiger partial charge in [-0.2, -0.15) is 18.2 Å². The lowest BCUT2D eigenvalue weighted by molar-refractivity contribution is -0.159. The van der Waals surface area contributed by atoms with E-state index in [1.165, 1.54) is 11.8 Å². The van der Waals surface area contributed by atoms with Gasteiger partial charge in [0.15, 0.2) is 0 Å². The van der Waals surface area contributed by atoms with E-state index >= 15 is 0 Å². The molecule has 0 unspecified atom stereocenters. The van der Waals surface area contributed by atoms with E-state index in [2.05, 4.69) is 19.6 Å². The molecule has 4 nitrogen and oxygen atoms in total. The Morgan fingerprint density at radius 1 is 1.00 bits per heavy atom. The Bertz CT molecular complexity index is 774. The van der Waals surface area contributed by atoms with Crippen molar-refractivity contribution >= 4 is 11.8 Å². The summed E-state index contributed by atoms with van der Waals surface area (Å²) in [4.78, 5) is 9.12. The summed E-state index contributed by atoms with van der Waals surface area (Å²) in [6.45, 7) is 0. The molecule has 0 atom stereocenters. The molecule has 0 saturated carbocycles. The number of alkyl halides is 3. The second kappa shape index (κ2) is 5.80. The van der Waals surface area contributed by atoms with Crippen molar-refractivity contribution in [2.24, 2.45) is 0 Å². The van der Waals surface area contributed by atoms with Gasteiger partial charge in [0.1, 0.15) is 0 Å². The molecule has 3 aromatic rings. The van der Waals surface area contributed by atoms with Gasteiger partial charge >= 0.3 is 12.1 Å². The van der Waals surface area contributed by atoms with Gasteiger partial charge in [-0.15, -0.1) is 0 Å². The smallest absolute Gasteiger partial charge is 0.329 e. The van der Waals surface area contributed by atoms with Gasteiger partial charge in [0.2, 0.25) is 5.82 Å². The number of aromatic nitrogens is 3. The van der Waals surface area contributed by atoms with Crippen molar-refractivity contribution in [2.45, 2.75) is 16.0 Å². The molecule has 112 valence electrons. The summed E-state index contributed by atoms with van der Waals surface area (Å²) in [5.41, 5.74) is 0.457. The zero-order valence-electron chi connectivity index (χ0n) is 10.9. The molecule has 3 rings (SSSR count). The van der Waals surface area contributed by atoms with Crippen LogP contribution >= 0.6 is 11.8 Å². The molecule has 0 amide bonds. The highest BCUT2D eigenvalue weighted by atomic mass is 32.2. The minimum absolute atomic E-state index is 0.0931. The summed E-state index contributed by atoms with van der Waals surface area (Å²) >= 11 is 1.46. The minimum Gasteiger partial charge on any atom is -0.329 e. The van der Waals surface area contributed by atoms with Crippen LogP contribution in [0.3, 0.4) is 0 Å². The molecule has 8 heteroatoms. The van der Waals surface area contributed by atoms with Crippen molar-refractivity contribution < 1.29 is 17.7 Å². The Kier molecular flexibility index (Phi) is 3.84. The molecule has 0 fully saturated rings. The van der Waals surface area contributed by atoms with E-state index in [-0.39, 0.29) is 5.82 Å². The zero-order valence-corrected chi connectivity index (χ0v) is 11.7. The lowest BCUT2D eigenvalue weighted by atomic mass is 10.2. The van der Waals surface area contributed by atoms with Gasteiger partial charge in [-0.25, -0.2) is 0 Å². The normalized spacial score (nSPS) is 11.6. The summed E-state index contributed by atoms with van der Waals surface area (Å²) in [5.74, 6) is -1.45. The summed E-state index contributed by atoms with van der Waals surface area (Å²) in [6, 6.07) is 10.6. The fraction of sp³-hybridized carbons (Fsp3) is 0.0714. The first-order chi connectivity index (χ1) is 10.5. The van der Waals surface area contributed by atoms with Crippen molar-refractivity contribution in [1.29, 1.82) is 0 Å². The molecule has 0 spiro atoms. The molecular formula is C14H8F3N3OS. The highest BCUT2D eigenvalue weighted by Gasteiger charge is 2.38. The van der Waals surface area contributed by atoms with Crippen LogP contribution in [0, 0.1) is 0 Å². The number of halogens is 3. The van der Waals surface area contributed by atoms with Crippen LogP contribution in [0.15, 0.2) is 63.1 Å². The van der Waals surface area contributed by atoms with E-state index in [1.807, 2.05) is 18.2 Å². The highest BCUT2D eigenvalue weighted by molar-refractivity contribution is 7.99. The number of hydrogen-bond donors (Lipinski definition) is 0. The van der Waals surface area contributed by atoms with Crippen LogP contribution in [-0.2, 0) is 6.18 Å². The lowest BCUT2D eigenvalue weighted by Gasteiger charge is -2.02. The Hall–Kier alpha value is -2.35. The van der Waals surface area contributed by atoms with Crippen LogP contribution in [0.2, 0.25) is 0 Å².